The zero-order chi connectivity index (χ0) is 14.8. The van der Waals surface area contributed by atoms with E-state index in [1.165, 1.54) is 0 Å². The number of benzene rings is 1. The molecule has 1 heterocycles. The van der Waals surface area contributed by atoms with Gasteiger partial charge in [-0.25, -0.2) is 0 Å². The quantitative estimate of drug-likeness (QED) is 0.781. The van der Waals surface area contributed by atoms with Crippen molar-refractivity contribution in [3.8, 4) is 0 Å². The second-order valence-electron chi connectivity index (χ2n) is 5.67. The Kier molecular flexibility index (Phi) is 5.38. The van der Waals surface area contributed by atoms with Crippen LogP contribution in [0.15, 0.2) is 18.2 Å². The van der Waals surface area contributed by atoms with Crippen molar-refractivity contribution in [2.24, 2.45) is 0 Å². The highest BCUT2D eigenvalue weighted by Crippen LogP contribution is 2.26. The first kappa shape index (κ1) is 16.1. The minimum atomic E-state index is -0.611. The molecule has 2 rings (SSSR count). The van der Waals surface area contributed by atoms with Gasteiger partial charge in [-0.3, -0.25) is 0 Å². The first-order valence-electron chi connectivity index (χ1n) is 6.74. The van der Waals surface area contributed by atoms with Gasteiger partial charge in [-0.1, -0.05) is 29.3 Å². The number of hydrogen-bond acceptors (Lipinski definition) is 3. The van der Waals surface area contributed by atoms with Gasteiger partial charge in [0.1, 0.15) is 0 Å². The van der Waals surface area contributed by atoms with Crippen molar-refractivity contribution in [2.45, 2.75) is 45.3 Å². The molecule has 0 aliphatic carbocycles. The summed E-state index contributed by atoms with van der Waals surface area (Å²) in [6.07, 6.45) is 1.67. The maximum absolute atomic E-state index is 6.12. The van der Waals surface area contributed by atoms with Crippen molar-refractivity contribution in [1.82, 2.24) is 0 Å². The topological polar surface area (TPSA) is 27.7 Å². The maximum atomic E-state index is 6.12. The van der Waals surface area contributed by atoms with Crippen LogP contribution in [0, 0.1) is 0 Å². The second kappa shape index (κ2) is 6.67. The van der Waals surface area contributed by atoms with Crippen molar-refractivity contribution < 1.29 is 14.0 Å². The van der Waals surface area contributed by atoms with E-state index in [2.05, 4.69) is 0 Å². The van der Waals surface area contributed by atoms with Gasteiger partial charge >= 0.3 is 7.32 Å². The Balaban J connectivity index is 1.83. The van der Waals surface area contributed by atoms with Crippen LogP contribution in [0.3, 0.4) is 0 Å². The van der Waals surface area contributed by atoms with E-state index in [9.17, 15) is 0 Å². The Hall–Kier alpha value is -0.255. The molecule has 1 aliphatic heterocycles. The number of hydrogen-bond donors (Lipinski definition) is 0. The highest BCUT2D eigenvalue weighted by molar-refractivity contribution is 6.37. The smallest absolute Gasteiger partial charge is 0.386 e. The molecule has 0 N–H and O–H groups in total. The monoisotopic (exact) mass is 316 g/mol. The van der Waals surface area contributed by atoms with Crippen LogP contribution in [0.1, 0.15) is 32.8 Å². The molecular weight excluding hydrogens is 298 g/mol. The first-order chi connectivity index (χ1) is 9.35. The van der Waals surface area contributed by atoms with E-state index in [0.717, 1.165) is 12.0 Å². The molecule has 1 fully saturated rings. The van der Waals surface area contributed by atoms with Gasteiger partial charge in [0, 0.05) is 22.8 Å². The lowest BCUT2D eigenvalue weighted by Crippen LogP contribution is -2.47. The molecule has 0 unspecified atom stereocenters. The summed E-state index contributed by atoms with van der Waals surface area (Å²) in [6, 6.07) is 5.46. The third-order valence-corrected chi connectivity index (χ3v) is 3.77. The van der Waals surface area contributed by atoms with E-state index >= 15 is 0 Å². The third kappa shape index (κ3) is 4.64. The summed E-state index contributed by atoms with van der Waals surface area (Å²) in [4.78, 5) is 0. The lowest BCUT2D eigenvalue weighted by Gasteiger charge is -2.37. The third-order valence-electron chi connectivity index (χ3n) is 3.18. The lowest BCUT2D eigenvalue weighted by molar-refractivity contribution is -0.0686. The van der Waals surface area contributed by atoms with Gasteiger partial charge in [-0.2, -0.15) is 0 Å². The Labute approximate surface area is 130 Å². The summed E-state index contributed by atoms with van der Waals surface area (Å²) < 4.78 is 17.0. The summed E-state index contributed by atoms with van der Waals surface area (Å²) in [5.41, 5.74) is 0.777. The standard InChI is InChI=1S/C14H19BCl2O3/c1-10-9-14(2,3)20-15(19-10)18-7-6-11-4-5-12(16)8-13(11)17/h4-5,8,10H,6-7,9H2,1-3H3/t10-/m1/s1. The fraction of sp³-hybridized carbons (Fsp3) is 0.571. The van der Waals surface area contributed by atoms with Crippen molar-refractivity contribution in [1.29, 1.82) is 0 Å². The predicted molar refractivity (Wildman–Crippen MR) is 82.2 cm³/mol. The molecule has 1 aliphatic rings. The zero-order valence-electron chi connectivity index (χ0n) is 12.0. The average Bonchev–Trinajstić information content (AvgIpc) is 2.29. The summed E-state index contributed by atoms with van der Waals surface area (Å²) in [5.74, 6) is 0. The molecule has 3 nitrogen and oxygen atoms in total. The van der Waals surface area contributed by atoms with Crippen LogP contribution in [-0.4, -0.2) is 25.6 Å². The van der Waals surface area contributed by atoms with Gasteiger partial charge in [0.2, 0.25) is 0 Å². The molecule has 0 saturated carbocycles. The van der Waals surface area contributed by atoms with Gasteiger partial charge in [0.05, 0.1) is 5.60 Å². The molecule has 0 spiro atoms. The van der Waals surface area contributed by atoms with E-state index in [1.54, 1.807) is 6.07 Å². The van der Waals surface area contributed by atoms with E-state index in [1.807, 2.05) is 32.9 Å². The number of halogens is 2. The molecule has 0 bridgehead atoms. The van der Waals surface area contributed by atoms with Gasteiger partial charge in [-0.05, 0) is 51.3 Å². The largest absolute Gasteiger partial charge is 0.640 e. The van der Waals surface area contributed by atoms with Crippen LogP contribution in [0.5, 0.6) is 0 Å². The lowest BCUT2D eigenvalue weighted by atomic mass is 9.95. The van der Waals surface area contributed by atoms with E-state index in [0.29, 0.717) is 23.1 Å². The summed E-state index contributed by atoms with van der Waals surface area (Å²) >= 11 is 12.0. The summed E-state index contributed by atoms with van der Waals surface area (Å²) in [5, 5.41) is 1.29. The molecule has 1 saturated heterocycles. The van der Waals surface area contributed by atoms with Crippen molar-refractivity contribution >= 4 is 30.5 Å². The molecule has 6 heteroatoms. The SMILES string of the molecule is C[C@@H]1CC(C)(C)OB(OCCc2ccc(Cl)cc2Cl)O1. The zero-order valence-corrected chi connectivity index (χ0v) is 13.5. The highest BCUT2D eigenvalue weighted by atomic mass is 35.5. The molecule has 0 radical (unpaired) electrons. The fourth-order valence-corrected chi connectivity index (χ4v) is 2.83. The molecule has 1 atom stereocenters. The van der Waals surface area contributed by atoms with Crippen molar-refractivity contribution in [2.75, 3.05) is 6.61 Å². The van der Waals surface area contributed by atoms with Crippen LogP contribution in [0.25, 0.3) is 0 Å². The van der Waals surface area contributed by atoms with Crippen LogP contribution in [-0.2, 0) is 20.4 Å². The van der Waals surface area contributed by atoms with E-state index < -0.39 is 7.32 Å². The second-order valence-corrected chi connectivity index (χ2v) is 6.52. The van der Waals surface area contributed by atoms with E-state index in [4.69, 9.17) is 37.2 Å². The molecule has 1 aromatic carbocycles. The van der Waals surface area contributed by atoms with Crippen molar-refractivity contribution in [3.05, 3.63) is 33.8 Å². The molecule has 0 aromatic heterocycles. The fourth-order valence-electron chi connectivity index (χ4n) is 2.33. The normalized spacial score (nSPS) is 22.1. The van der Waals surface area contributed by atoms with Crippen LogP contribution >= 0.6 is 23.2 Å². The molecular formula is C14H19BCl2O3. The van der Waals surface area contributed by atoms with Gasteiger partial charge in [-0.15, -0.1) is 0 Å². The summed E-state index contributed by atoms with van der Waals surface area (Å²) in [6.45, 7) is 6.59. The molecule has 110 valence electrons. The van der Waals surface area contributed by atoms with Crippen LogP contribution in [0.4, 0.5) is 0 Å². The van der Waals surface area contributed by atoms with Crippen molar-refractivity contribution in [3.63, 3.8) is 0 Å². The Morgan fingerprint density at radius 3 is 2.80 bits per heavy atom. The van der Waals surface area contributed by atoms with Gasteiger partial charge in [0.15, 0.2) is 0 Å². The maximum Gasteiger partial charge on any atom is 0.640 e. The summed E-state index contributed by atoms with van der Waals surface area (Å²) in [7, 11) is -0.611. The Morgan fingerprint density at radius 1 is 1.40 bits per heavy atom. The van der Waals surface area contributed by atoms with Crippen LogP contribution < -0.4 is 0 Å². The number of rotatable bonds is 4. The Bertz CT molecular complexity index is 468. The minimum Gasteiger partial charge on any atom is -0.386 e. The van der Waals surface area contributed by atoms with Gasteiger partial charge in [0.25, 0.3) is 0 Å². The molecule has 20 heavy (non-hydrogen) atoms. The Morgan fingerprint density at radius 2 is 2.15 bits per heavy atom. The van der Waals surface area contributed by atoms with E-state index in [-0.39, 0.29) is 11.7 Å². The van der Waals surface area contributed by atoms with Gasteiger partial charge < -0.3 is 14.0 Å². The van der Waals surface area contributed by atoms with Crippen LogP contribution in [0.2, 0.25) is 10.0 Å². The predicted octanol–water partition coefficient (Wildman–Crippen LogP) is 4.14. The highest BCUT2D eigenvalue weighted by Gasteiger charge is 2.38. The molecule has 0 amide bonds. The first-order valence-corrected chi connectivity index (χ1v) is 7.50. The average molecular weight is 317 g/mol. The minimum absolute atomic E-state index is 0.128. The molecule has 1 aromatic rings.